The second kappa shape index (κ2) is 7.15. The number of nitrogens with one attached hydrogen (secondary N) is 1. The van der Waals surface area contributed by atoms with Crippen molar-refractivity contribution in [3.63, 3.8) is 0 Å². The molecule has 0 aliphatic rings. The fourth-order valence-corrected chi connectivity index (χ4v) is 1.94. The number of benzene rings is 1. The lowest BCUT2D eigenvalue weighted by Gasteiger charge is -2.18. The third-order valence-electron chi connectivity index (χ3n) is 2.92. The maximum absolute atomic E-state index is 14.5. The zero-order valence-electron chi connectivity index (χ0n) is 12.8. The Morgan fingerprint density at radius 1 is 1.48 bits per heavy atom. The Morgan fingerprint density at radius 2 is 2.22 bits per heavy atom. The van der Waals surface area contributed by atoms with Crippen molar-refractivity contribution in [2.24, 2.45) is 0 Å². The number of nitrogens with two attached hydrogens (primary N) is 1. The van der Waals surface area contributed by atoms with Gasteiger partial charge in [-0.1, -0.05) is 24.3 Å². The molecule has 0 amide bonds. The highest BCUT2D eigenvalue weighted by Crippen LogP contribution is 2.36. The van der Waals surface area contributed by atoms with Gasteiger partial charge in [0.15, 0.2) is 11.6 Å². The van der Waals surface area contributed by atoms with Gasteiger partial charge >= 0.3 is 0 Å². The maximum atomic E-state index is 14.5. The second-order valence-electron chi connectivity index (χ2n) is 4.84. The van der Waals surface area contributed by atoms with Gasteiger partial charge < -0.3 is 20.7 Å². The lowest BCUT2D eigenvalue weighted by Crippen LogP contribution is -2.11. The highest BCUT2D eigenvalue weighted by atomic mass is 35.5. The fraction of sp³-hybridized carbons (Fsp3) is 0.200. The van der Waals surface area contributed by atoms with Crippen LogP contribution in [0.3, 0.4) is 0 Å². The number of nitrogen functional groups attached to an aromatic ring is 1. The molecular formula is C15H17ClFN5O. The van der Waals surface area contributed by atoms with Crippen molar-refractivity contribution in [2.75, 3.05) is 36.7 Å². The SMILES string of the molecule is C=CCOc1cc(N(C)C)cc(F)c1Nc1nc(N)ncc1Cl. The summed E-state index contributed by atoms with van der Waals surface area (Å²) in [6, 6.07) is 3.08. The van der Waals surface area contributed by atoms with Crippen molar-refractivity contribution in [3.8, 4) is 5.75 Å². The van der Waals surface area contributed by atoms with Crippen molar-refractivity contribution < 1.29 is 9.13 Å². The largest absolute Gasteiger partial charge is 0.487 e. The number of hydrogen-bond acceptors (Lipinski definition) is 6. The molecule has 23 heavy (non-hydrogen) atoms. The van der Waals surface area contributed by atoms with E-state index in [0.717, 1.165) is 0 Å². The third kappa shape index (κ3) is 4.01. The molecule has 1 aromatic heterocycles. The molecule has 0 saturated carbocycles. The number of anilines is 4. The monoisotopic (exact) mass is 337 g/mol. The van der Waals surface area contributed by atoms with Gasteiger partial charge in [0.05, 0.1) is 6.20 Å². The summed E-state index contributed by atoms with van der Waals surface area (Å²) in [6.07, 6.45) is 2.91. The van der Waals surface area contributed by atoms with Crippen LogP contribution in [0.1, 0.15) is 0 Å². The molecule has 0 radical (unpaired) electrons. The second-order valence-corrected chi connectivity index (χ2v) is 5.25. The molecule has 0 spiro atoms. The van der Waals surface area contributed by atoms with E-state index >= 15 is 0 Å². The maximum Gasteiger partial charge on any atom is 0.222 e. The van der Waals surface area contributed by atoms with Crippen molar-refractivity contribution in [1.29, 1.82) is 0 Å². The van der Waals surface area contributed by atoms with E-state index in [2.05, 4.69) is 21.9 Å². The normalized spacial score (nSPS) is 10.3. The average Bonchev–Trinajstić information content (AvgIpc) is 2.50. The van der Waals surface area contributed by atoms with Gasteiger partial charge in [-0.2, -0.15) is 4.98 Å². The summed E-state index contributed by atoms with van der Waals surface area (Å²) in [7, 11) is 3.61. The van der Waals surface area contributed by atoms with E-state index in [1.54, 1.807) is 31.1 Å². The summed E-state index contributed by atoms with van der Waals surface area (Å²) in [6.45, 7) is 3.81. The first kappa shape index (κ1) is 16.8. The number of halogens is 2. The highest BCUT2D eigenvalue weighted by Gasteiger charge is 2.16. The van der Waals surface area contributed by atoms with Crippen molar-refractivity contribution in [2.45, 2.75) is 0 Å². The van der Waals surface area contributed by atoms with E-state index in [1.807, 2.05) is 0 Å². The first-order valence-corrected chi connectivity index (χ1v) is 7.09. The van der Waals surface area contributed by atoms with Crippen LogP contribution in [0.5, 0.6) is 5.75 Å². The van der Waals surface area contributed by atoms with Crippen molar-refractivity contribution in [1.82, 2.24) is 9.97 Å². The predicted molar refractivity (Wildman–Crippen MR) is 91.2 cm³/mol. The fourth-order valence-electron chi connectivity index (χ4n) is 1.80. The van der Waals surface area contributed by atoms with Crippen LogP contribution in [0.4, 0.5) is 27.5 Å². The molecule has 122 valence electrons. The predicted octanol–water partition coefficient (Wildman–Crippen LogP) is 3.23. The Kier molecular flexibility index (Phi) is 5.23. The minimum Gasteiger partial charge on any atom is -0.487 e. The van der Waals surface area contributed by atoms with Crippen LogP contribution in [0.2, 0.25) is 5.02 Å². The molecule has 6 nitrogen and oxygen atoms in total. The highest BCUT2D eigenvalue weighted by molar-refractivity contribution is 6.32. The molecule has 0 saturated heterocycles. The van der Waals surface area contributed by atoms with E-state index in [1.165, 1.54) is 12.3 Å². The minimum absolute atomic E-state index is 0.0239. The van der Waals surface area contributed by atoms with Crippen LogP contribution in [-0.4, -0.2) is 30.7 Å². The van der Waals surface area contributed by atoms with Crippen LogP contribution in [-0.2, 0) is 0 Å². The number of rotatable bonds is 6. The van der Waals surface area contributed by atoms with E-state index < -0.39 is 5.82 Å². The molecule has 0 aliphatic carbocycles. The summed E-state index contributed by atoms with van der Waals surface area (Å²) in [5.41, 5.74) is 6.30. The Labute approximate surface area is 138 Å². The molecular weight excluding hydrogens is 321 g/mol. The van der Waals surface area contributed by atoms with E-state index in [-0.39, 0.29) is 29.1 Å². The van der Waals surface area contributed by atoms with Gasteiger partial charge in [-0.15, -0.1) is 0 Å². The molecule has 0 unspecified atom stereocenters. The summed E-state index contributed by atoms with van der Waals surface area (Å²) >= 11 is 6.01. The summed E-state index contributed by atoms with van der Waals surface area (Å²) in [4.78, 5) is 9.49. The number of ether oxygens (including phenoxy) is 1. The molecule has 1 aromatic carbocycles. The van der Waals surface area contributed by atoms with Crippen molar-refractivity contribution in [3.05, 3.63) is 41.8 Å². The molecule has 0 atom stereocenters. The molecule has 2 rings (SSSR count). The van der Waals surface area contributed by atoms with Gasteiger partial charge in [0.2, 0.25) is 5.95 Å². The lowest BCUT2D eigenvalue weighted by molar-refractivity contribution is 0.363. The first-order valence-electron chi connectivity index (χ1n) is 6.72. The average molecular weight is 338 g/mol. The standard InChI is InChI=1S/C15H17ClFN5O/c1-4-5-23-12-7-9(22(2)3)6-11(17)13(12)20-14-10(16)8-19-15(18)21-14/h4,6-8H,1,5H2,2-3H3,(H3,18,19,20,21). The zero-order valence-corrected chi connectivity index (χ0v) is 13.6. The Balaban J connectivity index is 2.46. The van der Waals surface area contributed by atoms with Crippen LogP contribution >= 0.6 is 11.6 Å². The van der Waals surface area contributed by atoms with Gasteiger partial charge in [-0.05, 0) is 6.07 Å². The molecule has 1 heterocycles. The summed E-state index contributed by atoms with van der Waals surface area (Å²) in [5.74, 6) is 0.0141. The molecule has 2 aromatic rings. The van der Waals surface area contributed by atoms with Gasteiger partial charge in [0.25, 0.3) is 0 Å². The minimum atomic E-state index is -0.511. The quantitative estimate of drug-likeness (QED) is 0.788. The molecule has 3 N–H and O–H groups in total. The van der Waals surface area contributed by atoms with E-state index in [9.17, 15) is 4.39 Å². The zero-order chi connectivity index (χ0) is 17.0. The Morgan fingerprint density at radius 3 is 2.87 bits per heavy atom. The van der Waals surface area contributed by atoms with Crippen molar-refractivity contribution >= 4 is 34.7 Å². The van der Waals surface area contributed by atoms with Crippen LogP contribution in [0, 0.1) is 5.82 Å². The molecule has 0 bridgehead atoms. The van der Waals surface area contributed by atoms with Gasteiger partial charge in [-0.25, -0.2) is 9.37 Å². The van der Waals surface area contributed by atoms with Gasteiger partial charge in [0, 0.05) is 25.8 Å². The topological polar surface area (TPSA) is 76.3 Å². The number of hydrogen-bond donors (Lipinski definition) is 2. The van der Waals surface area contributed by atoms with E-state index in [0.29, 0.717) is 11.4 Å². The third-order valence-corrected chi connectivity index (χ3v) is 3.19. The first-order chi connectivity index (χ1) is 10.9. The molecule has 0 fully saturated rings. The molecule has 0 aliphatic heterocycles. The van der Waals surface area contributed by atoms with E-state index in [4.69, 9.17) is 22.1 Å². The lowest BCUT2D eigenvalue weighted by atomic mass is 10.2. The van der Waals surface area contributed by atoms with Gasteiger partial charge in [0.1, 0.15) is 23.1 Å². The summed E-state index contributed by atoms with van der Waals surface area (Å²) < 4.78 is 20.0. The van der Waals surface area contributed by atoms with Crippen LogP contribution < -0.4 is 20.7 Å². The summed E-state index contributed by atoms with van der Waals surface area (Å²) in [5, 5.41) is 3.02. The van der Waals surface area contributed by atoms with Gasteiger partial charge in [-0.3, -0.25) is 0 Å². The number of nitrogens with zero attached hydrogens (tertiary/aromatic N) is 3. The van der Waals surface area contributed by atoms with Crippen LogP contribution in [0.25, 0.3) is 0 Å². The Bertz CT molecular complexity index is 723. The number of aromatic nitrogens is 2. The smallest absolute Gasteiger partial charge is 0.222 e. The Hall–Kier alpha value is -2.54. The van der Waals surface area contributed by atoms with Crippen LogP contribution in [0.15, 0.2) is 31.0 Å². The molecule has 8 heteroatoms.